The second-order valence-corrected chi connectivity index (χ2v) is 3.61. The Kier molecular flexibility index (Phi) is 1.86. The van der Waals surface area contributed by atoms with Crippen LogP contribution in [-0.4, -0.2) is 15.0 Å². The summed E-state index contributed by atoms with van der Waals surface area (Å²) < 4.78 is 0. The van der Waals surface area contributed by atoms with Crippen molar-refractivity contribution in [3.63, 3.8) is 0 Å². The summed E-state index contributed by atoms with van der Waals surface area (Å²) >= 11 is 0. The van der Waals surface area contributed by atoms with Gasteiger partial charge in [-0.1, -0.05) is 6.07 Å². The third-order valence-corrected chi connectivity index (χ3v) is 2.54. The molecule has 0 aliphatic heterocycles. The zero-order chi connectivity index (χ0) is 11.0. The maximum absolute atomic E-state index is 5.55. The van der Waals surface area contributed by atoms with Gasteiger partial charge in [0.25, 0.3) is 0 Å². The van der Waals surface area contributed by atoms with Gasteiger partial charge in [-0.15, -0.1) is 0 Å². The molecule has 78 valence electrons. The number of hydrogen-bond acceptors (Lipinski definition) is 3. The van der Waals surface area contributed by atoms with Crippen LogP contribution in [0.1, 0.15) is 0 Å². The number of aromatic amines is 1. The average molecular weight is 210 g/mol. The van der Waals surface area contributed by atoms with E-state index in [0.717, 1.165) is 22.2 Å². The number of nitrogens with one attached hydrogen (secondary N) is 1. The maximum Gasteiger partial charge on any atom is 0.123 e. The first-order valence-electron chi connectivity index (χ1n) is 4.98. The number of nitrogens with two attached hydrogens (primary N) is 1. The Balaban J connectivity index is 2.14. The molecule has 0 saturated carbocycles. The zero-order valence-electron chi connectivity index (χ0n) is 8.51. The van der Waals surface area contributed by atoms with Crippen LogP contribution in [0.25, 0.3) is 22.2 Å². The standard InChI is InChI=1S/C12H10N4/c13-12-4-2-9(6-14-12)8-1-3-10-11(5-8)16-7-15-10/h1-7H,(H2,13,14)(H,15,16). The SMILES string of the molecule is Nc1ccc(-c2ccc3nc[nH]c3c2)cn1. The van der Waals surface area contributed by atoms with Crippen LogP contribution >= 0.6 is 0 Å². The fraction of sp³-hybridized carbons (Fsp3) is 0. The van der Waals surface area contributed by atoms with E-state index in [1.54, 1.807) is 18.6 Å². The number of hydrogen-bond donors (Lipinski definition) is 2. The molecular weight excluding hydrogens is 200 g/mol. The summed E-state index contributed by atoms with van der Waals surface area (Å²) in [6.07, 6.45) is 3.46. The highest BCUT2D eigenvalue weighted by Crippen LogP contribution is 2.22. The van der Waals surface area contributed by atoms with Gasteiger partial charge in [-0.25, -0.2) is 9.97 Å². The molecule has 3 N–H and O–H groups in total. The van der Waals surface area contributed by atoms with E-state index in [4.69, 9.17) is 5.73 Å². The topological polar surface area (TPSA) is 67.6 Å². The van der Waals surface area contributed by atoms with Gasteiger partial charge in [-0.05, 0) is 29.8 Å². The predicted molar refractivity (Wildman–Crippen MR) is 63.7 cm³/mol. The number of nitrogens with zero attached hydrogens (tertiary/aromatic N) is 2. The molecule has 0 aliphatic carbocycles. The van der Waals surface area contributed by atoms with Crippen LogP contribution in [0, 0.1) is 0 Å². The minimum absolute atomic E-state index is 0.534. The lowest BCUT2D eigenvalue weighted by Gasteiger charge is -2.01. The van der Waals surface area contributed by atoms with E-state index in [9.17, 15) is 0 Å². The smallest absolute Gasteiger partial charge is 0.123 e. The lowest BCUT2D eigenvalue weighted by molar-refractivity contribution is 1.34. The molecule has 4 heteroatoms. The van der Waals surface area contributed by atoms with Crippen LogP contribution in [0.5, 0.6) is 0 Å². The minimum Gasteiger partial charge on any atom is -0.384 e. The van der Waals surface area contributed by atoms with Gasteiger partial charge < -0.3 is 10.7 Å². The van der Waals surface area contributed by atoms with E-state index < -0.39 is 0 Å². The highest BCUT2D eigenvalue weighted by atomic mass is 14.9. The summed E-state index contributed by atoms with van der Waals surface area (Å²) in [7, 11) is 0. The summed E-state index contributed by atoms with van der Waals surface area (Å²) in [5.74, 6) is 0.534. The van der Waals surface area contributed by atoms with Crippen LogP contribution < -0.4 is 5.73 Å². The highest BCUT2D eigenvalue weighted by molar-refractivity contribution is 5.81. The van der Waals surface area contributed by atoms with Crippen LogP contribution in [0.4, 0.5) is 5.82 Å². The van der Waals surface area contributed by atoms with Gasteiger partial charge in [0, 0.05) is 11.8 Å². The van der Waals surface area contributed by atoms with Gasteiger partial charge in [-0.2, -0.15) is 0 Å². The van der Waals surface area contributed by atoms with E-state index in [-0.39, 0.29) is 0 Å². The summed E-state index contributed by atoms with van der Waals surface area (Å²) in [5.41, 5.74) is 9.69. The Morgan fingerprint density at radius 1 is 1.00 bits per heavy atom. The average Bonchev–Trinajstić information content (AvgIpc) is 2.77. The number of nitrogen functional groups attached to an aromatic ring is 1. The fourth-order valence-corrected chi connectivity index (χ4v) is 1.69. The molecule has 0 unspecified atom stereocenters. The van der Waals surface area contributed by atoms with Crippen molar-refractivity contribution < 1.29 is 0 Å². The number of anilines is 1. The predicted octanol–water partition coefficient (Wildman–Crippen LogP) is 2.21. The number of pyridine rings is 1. The molecule has 0 saturated heterocycles. The number of benzene rings is 1. The van der Waals surface area contributed by atoms with E-state index in [2.05, 4.69) is 21.0 Å². The third-order valence-electron chi connectivity index (χ3n) is 2.54. The molecule has 0 radical (unpaired) electrons. The van der Waals surface area contributed by atoms with E-state index in [0.29, 0.717) is 5.82 Å². The van der Waals surface area contributed by atoms with Crippen molar-refractivity contribution >= 4 is 16.9 Å². The van der Waals surface area contributed by atoms with Crippen LogP contribution in [0.3, 0.4) is 0 Å². The second kappa shape index (κ2) is 3.34. The molecular formula is C12H10N4. The largest absolute Gasteiger partial charge is 0.384 e. The Morgan fingerprint density at radius 2 is 1.88 bits per heavy atom. The lowest BCUT2D eigenvalue weighted by atomic mass is 10.1. The molecule has 0 aliphatic rings. The molecule has 0 atom stereocenters. The van der Waals surface area contributed by atoms with Gasteiger partial charge in [0.15, 0.2) is 0 Å². The van der Waals surface area contributed by atoms with Crippen molar-refractivity contribution in [3.8, 4) is 11.1 Å². The summed E-state index contributed by atoms with van der Waals surface area (Å²) in [6, 6.07) is 9.82. The van der Waals surface area contributed by atoms with Crippen molar-refractivity contribution in [2.45, 2.75) is 0 Å². The van der Waals surface area contributed by atoms with Crippen molar-refractivity contribution in [3.05, 3.63) is 42.9 Å². The Morgan fingerprint density at radius 3 is 2.69 bits per heavy atom. The lowest BCUT2D eigenvalue weighted by Crippen LogP contribution is -1.88. The first-order chi connectivity index (χ1) is 7.83. The van der Waals surface area contributed by atoms with Crippen molar-refractivity contribution in [2.24, 2.45) is 0 Å². The van der Waals surface area contributed by atoms with Gasteiger partial charge in [-0.3, -0.25) is 0 Å². The molecule has 2 heterocycles. The highest BCUT2D eigenvalue weighted by Gasteiger charge is 2.01. The number of aromatic nitrogens is 3. The molecule has 3 rings (SSSR count). The first-order valence-corrected chi connectivity index (χ1v) is 4.98. The summed E-state index contributed by atoms with van der Waals surface area (Å²) in [4.78, 5) is 11.3. The van der Waals surface area contributed by atoms with E-state index in [1.807, 2.05) is 18.2 Å². The second-order valence-electron chi connectivity index (χ2n) is 3.61. The van der Waals surface area contributed by atoms with Crippen LogP contribution in [0.15, 0.2) is 42.9 Å². The Hall–Kier alpha value is -2.36. The Bertz CT molecular complexity index is 625. The first kappa shape index (κ1) is 8.91. The van der Waals surface area contributed by atoms with Gasteiger partial charge >= 0.3 is 0 Å². The summed E-state index contributed by atoms with van der Waals surface area (Å²) in [6.45, 7) is 0. The molecule has 2 aromatic heterocycles. The van der Waals surface area contributed by atoms with Gasteiger partial charge in [0.2, 0.25) is 0 Å². The maximum atomic E-state index is 5.55. The summed E-state index contributed by atoms with van der Waals surface area (Å²) in [5, 5.41) is 0. The molecule has 0 bridgehead atoms. The number of rotatable bonds is 1. The Labute approximate surface area is 92.2 Å². The van der Waals surface area contributed by atoms with Crippen molar-refractivity contribution in [2.75, 3.05) is 5.73 Å². The van der Waals surface area contributed by atoms with Crippen molar-refractivity contribution in [1.29, 1.82) is 0 Å². The van der Waals surface area contributed by atoms with E-state index >= 15 is 0 Å². The van der Waals surface area contributed by atoms with Crippen LogP contribution in [-0.2, 0) is 0 Å². The normalized spacial score (nSPS) is 10.8. The van der Waals surface area contributed by atoms with Gasteiger partial charge in [0.1, 0.15) is 5.82 Å². The van der Waals surface area contributed by atoms with Crippen LogP contribution in [0.2, 0.25) is 0 Å². The molecule has 1 aromatic carbocycles. The molecule has 3 aromatic rings. The minimum atomic E-state index is 0.534. The zero-order valence-corrected chi connectivity index (χ0v) is 8.51. The number of H-pyrrole nitrogens is 1. The number of imidazole rings is 1. The third kappa shape index (κ3) is 1.40. The molecule has 16 heavy (non-hydrogen) atoms. The number of fused-ring (bicyclic) bond motifs is 1. The monoisotopic (exact) mass is 210 g/mol. The molecule has 0 amide bonds. The van der Waals surface area contributed by atoms with E-state index in [1.165, 1.54) is 0 Å². The fourth-order valence-electron chi connectivity index (χ4n) is 1.69. The molecule has 0 fully saturated rings. The van der Waals surface area contributed by atoms with Crippen molar-refractivity contribution in [1.82, 2.24) is 15.0 Å². The molecule has 0 spiro atoms. The quantitative estimate of drug-likeness (QED) is 0.647. The molecule has 4 nitrogen and oxygen atoms in total. The van der Waals surface area contributed by atoms with Gasteiger partial charge in [0.05, 0.1) is 17.4 Å².